The lowest BCUT2D eigenvalue weighted by Gasteiger charge is -2.44. The van der Waals surface area contributed by atoms with Crippen LogP contribution < -0.4 is 11.1 Å². The van der Waals surface area contributed by atoms with Gasteiger partial charge in [0.25, 0.3) is 5.91 Å². The van der Waals surface area contributed by atoms with Gasteiger partial charge in [0, 0.05) is 25.8 Å². The Morgan fingerprint density at radius 2 is 1.92 bits per heavy atom. The monoisotopic (exact) mass is 531 g/mol. The maximum atomic E-state index is 16.0. The molecule has 1 aromatic carbocycles. The molecule has 3 N–H and O–H groups in total. The maximum Gasteiger partial charge on any atom is 0.254 e. The summed E-state index contributed by atoms with van der Waals surface area (Å²) in [6, 6.07) is 14.8. The number of amides is 2. The summed E-state index contributed by atoms with van der Waals surface area (Å²) >= 11 is 0. The number of alkyl halides is 1. The summed E-state index contributed by atoms with van der Waals surface area (Å²) in [4.78, 5) is 26.8. The molecule has 39 heavy (non-hydrogen) atoms. The number of nitrogens with one attached hydrogen (secondary N) is 1. The van der Waals surface area contributed by atoms with E-state index in [1.54, 1.807) is 0 Å². The number of nitrogens with two attached hydrogens (primary N) is 1. The molecule has 3 fully saturated rings. The van der Waals surface area contributed by atoms with Gasteiger partial charge in [0.05, 0.1) is 30.4 Å². The Morgan fingerprint density at radius 3 is 2.54 bits per heavy atom. The van der Waals surface area contributed by atoms with Crippen molar-refractivity contribution in [3.63, 3.8) is 0 Å². The lowest BCUT2D eigenvalue weighted by atomic mass is 9.78. The highest BCUT2D eigenvalue weighted by Crippen LogP contribution is 2.41. The quantitative estimate of drug-likeness (QED) is 0.532. The van der Waals surface area contributed by atoms with Gasteiger partial charge in [-0.1, -0.05) is 30.3 Å². The number of piperidine rings is 1. The van der Waals surface area contributed by atoms with Crippen molar-refractivity contribution in [2.24, 2.45) is 23.5 Å². The second-order valence-corrected chi connectivity index (χ2v) is 11.3. The number of carbonyl (C=O) groups excluding carboxylic acids is 2. The summed E-state index contributed by atoms with van der Waals surface area (Å²) < 4.78 is 17.3. The van der Waals surface area contributed by atoms with E-state index in [2.05, 4.69) is 51.7 Å². The van der Waals surface area contributed by atoms with Crippen molar-refractivity contribution in [3.05, 3.63) is 47.7 Å². The number of hydrogen-bond donors (Lipinski definition) is 2. The number of primary amides is 1. The van der Waals surface area contributed by atoms with Gasteiger partial charge in [-0.2, -0.15) is 15.6 Å². The number of halogens is 1. The van der Waals surface area contributed by atoms with Crippen molar-refractivity contribution in [2.75, 3.05) is 25.0 Å². The van der Waals surface area contributed by atoms with E-state index in [4.69, 9.17) is 11.0 Å². The first-order valence-corrected chi connectivity index (χ1v) is 13.7. The summed E-state index contributed by atoms with van der Waals surface area (Å²) in [5.41, 5.74) is 5.63. The molecule has 2 aromatic rings. The fourth-order valence-electron chi connectivity index (χ4n) is 6.32. The largest absolute Gasteiger partial charge is 0.365 e. The van der Waals surface area contributed by atoms with Gasteiger partial charge in [0.1, 0.15) is 17.3 Å². The van der Waals surface area contributed by atoms with Crippen LogP contribution in [0.2, 0.25) is 0 Å². The Labute approximate surface area is 227 Å². The van der Waals surface area contributed by atoms with Crippen molar-refractivity contribution in [1.82, 2.24) is 14.7 Å². The molecule has 5 rings (SSSR count). The number of aromatic nitrogens is 2. The molecular weight excluding hydrogens is 497 g/mol. The Kier molecular flexibility index (Phi) is 7.67. The molecule has 9 nitrogen and oxygen atoms in total. The lowest BCUT2D eigenvalue weighted by Crippen LogP contribution is -2.55. The average molecular weight is 532 g/mol. The number of hydrogen-bond acceptors (Lipinski definition) is 6. The predicted molar refractivity (Wildman–Crippen MR) is 142 cm³/mol. The predicted octanol–water partition coefficient (Wildman–Crippen LogP) is 3.71. The van der Waals surface area contributed by atoms with E-state index in [-0.39, 0.29) is 30.3 Å². The van der Waals surface area contributed by atoms with E-state index in [1.165, 1.54) is 16.4 Å². The molecule has 1 saturated heterocycles. The number of benzene rings is 1. The maximum absolute atomic E-state index is 16.0. The third kappa shape index (κ3) is 5.53. The fourth-order valence-corrected chi connectivity index (χ4v) is 6.32. The number of anilines is 1. The van der Waals surface area contributed by atoms with Gasteiger partial charge in [-0.05, 0) is 55.9 Å². The molecule has 2 saturated carbocycles. The van der Waals surface area contributed by atoms with E-state index in [0.29, 0.717) is 31.2 Å². The first-order valence-electron chi connectivity index (χ1n) is 13.7. The van der Waals surface area contributed by atoms with Crippen molar-refractivity contribution >= 4 is 17.6 Å². The van der Waals surface area contributed by atoms with Gasteiger partial charge in [-0.3, -0.25) is 19.2 Å². The number of nitriles is 2. The van der Waals surface area contributed by atoms with Crippen LogP contribution in [0.25, 0.3) is 0 Å². The topological polar surface area (TPSA) is 141 Å². The second kappa shape index (κ2) is 11.2. The zero-order valence-electron chi connectivity index (χ0n) is 21.9. The van der Waals surface area contributed by atoms with Gasteiger partial charge in [-0.15, -0.1) is 0 Å². The first kappa shape index (κ1) is 26.8. The molecule has 0 spiro atoms. The van der Waals surface area contributed by atoms with Crippen LogP contribution >= 0.6 is 0 Å². The molecule has 3 aliphatic rings. The molecule has 4 unspecified atom stereocenters. The summed E-state index contributed by atoms with van der Waals surface area (Å²) in [7, 11) is 0. The molecule has 4 atom stereocenters. The number of nitrogens with zero attached hydrogens (tertiary/aromatic N) is 5. The van der Waals surface area contributed by atoms with Crippen LogP contribution in [0.3, 0.4) is 0 Å². The molecule has 0 bridgehead atoms. The van der Waals surface area contributed by atoms with Gasteiger partial charge in [-0.25, -0.2) is 4.39 Å². The molecule has 10 heteroatoms. The molecule has 1 aliphatic heterocycles. The Hall–Kier alpha value is -3.76. The minimum Gasteiger partial charge on any atom is -0.365 e. The fraction of sp³-hybridized carbons (Fsp3) is 0.552. The number of carbonyl (C=O) groups is 2. The first-order chi connectivity index (χ1) is 18.8. The minimum absolute atomic E-state index is 0.0420. The lowest BCUT2D eigenvalue weighted by molar-refractivity contribution is -0.117. The Morgan fingerprint density at radius 1 is 1.18 bits per heavy atom. The highest BCUT2D eigenvalue weighted by molar-refractivity contribution is 6.03. The van der Waals surface area contributed by atoms with E-state index in [9.17, 15) is 14.9 Å². The van der Waals surface area contributed by atoms with E-state index in [0.717, 1.165) is 32.2 Å². The van der Waals surface area contributed by atoms with Crippen molar-refractivity contribution in [3.8, 4) is 12.1 Å². The summed E-state index contributed by atoms with van der Waals surface area (Å²) in [6.45, 7) is 1.58. The van der Waals surface area contributed by atoms with Crippen LogP contribution in [0.15, 0.2) is 36.5 Å². The van der Waals surface area contributed by atoms with E-state index in [1.807, 2.05) is 6.07 Å². The standard InChI is InChI=1S/C29H34FN7O2/c30-25-18-36(16-19-6-8-21(9-7-19)20-4-2-1-3-5-20)13-11-29(25,10-12-31)37-17-24(26(33)38)27(35-37)34-28(39)23-14-22(23)15-32/h1-5,17,19,21-23,25H,6-11,13-14,16,18H2,(H2,33,38)(H,34,35,39). The van der Waals surface area contributed by atoms with Crippen molar-refractivity contribution < 1.29 is 14.0 Å². The zero-order valence-corrected chi connectivity index (χ0v) is 21.9. The van der Waals surface area contributed by atoms with Gasteiger partial charge in [0.15, 0.2) is 5.82 Å². The number of likely N-dealkylation sites (tertiary alicyclic amines) is 1. The normalized spacial score (nSPS) is 30.6. The molecule has 2 aliphatic carbocycles. The average Bonchev–Trinajstić information content (AvgIpc) is 3.62. The third-order valence-electron chi connectivity index (χ3n) is 8.85. The minimum atomic E-state index is -1.40. The van der Waals surface area contributed by atoms with Crippen LogP contribution in [0, 0.1) is 40.4 Å². The smallest absolute Gasteiger partial charge is 0.254 e. The van der Waals surface area contributed by atoms with Crippen LogP contribution in [-0.2, 0) is 10.3 Å². The SMILES string of the molecule is N#CCC1(n2cc(C(N)=O)c(NC(=O)C3CC3C#N)n2)CCN(CC2CCC(c3ccccc3)CC2)CC1F. The number of rotatable bonds is 8. The summed E-state index contributed by atoms with van der Waals surface area (Å²) in [5, 5.41) is 25.6. The van der Waals surface area contributed by atoms with Gasteiger partial charge < -0.3 is 11.1 Å². The second-order valence-electron chi connectivity index (χ2n) is 11.3. The van der Waals surface area contributed by atoms with Gasteiger partial charge in [0.2, 0.25) is 5.91 Å². The molecule has 2 heterocycles. The van der Waals surface area contributed by atoms with E-state index < -0.39 is 29.4 Å². The zero-order chi connectivity index (χ0) is 27.6. The highest BCUT2D eigenvalue weighted by atomic mass is 19.1. The molecule has 1 aromatic heterocycles. The molecule has 2 amide bonds. The highest BCUT2D eigenvalue weighted by Gasteiger charge is 2.48. The van der Waals surface area contributed by atoms with Crippen LogP contribution in [0.1, 0.15) is 66.8 Å². The Balaban J connectivity index is 1.25. The van der Waals surface area contributed by atoms with Crippen LogP contribution in [-0.4, -0.2) is 52.3 Å². The molecule has 0 radical (unpaired) electrons. The summed E-state index contributed by atoms with van der Waals surface area (Å²) in [5.74, 6) is -1.02. The van der Waals surface area contributed by atoms with Gasteiger partial charge >= 0.3 is 0 Å². The van der Waals surface area contributed by atoms with Crippen LogP contribution in [0.4, 0.5) is 10.2 Å². The Bertz CT molecular complexity index is 1290. The van der Waals surface area contributed by atoms with Crippen LogP contribution in [0.5, 0.6) is 0 Å². The third-order valence-corrected chi connectivity index (χ3v) is 8.85. The van der Waals surface area contributed by atoms with E-state index >= 15 is 4.39 Å². The molecule has 204 valence electrons. The summed E-state index contributed by atoms with van der Waals surface area (Å²) in [6.07, 6.45) is 5.08. The molecular formula is C29H34FN7O2. The van der Waals surface area contributed by atoms with Crippen molar-refractivity contribution in [2.45, 2.75) is 62.6 Å². The van der Waals surface area contributed by atoms with Crippen molar-refractivity contribution in [1.29, 1.82) is 10.5 Å².